The van der Waals surface area contributed by atoms with E-state index in [1.54, 1.807) is 13.8 Å². The van der Waals surface area contributed by atoms with Crippen molar-refractivity contribution >= 4 is 11.7 Å². The van der Waals surface area contributed by atoms with Gasteiger partial charge in [0.25, 0.3) is 0 Å². The van der Waals surface area contributed by atoms with Gasteiger partial charge in [-0.25, -0.2) is 0 Å². The van der Waals surface area contributed by atoms with Crippen LogP contribution in [0.4, 0.5) is 0 Å². The van der Waals surface area contributed by atoms with Crippen LogP contribution in [0.2, 0.25) is 0 Å². The molecule has 2 N–H and O–H groups in total. The second-order valence-corrected chi connectivity index (χ2v) is 4.54. The van der Waals surface area contributed by atoms with Crippen LogP contribution in [0.15, 0.2) is 23.8 Å². The zero-order valence-electron chi connectivity index (χ0n) is 11.2. The summed E-state index contributed by atoms with van der Waals surface area (Å²) in [6.45, 7) is 8.44. The minimum Gasteiger partial charge on any atom is -0.352 e. The van der Waals surface area contributed by atoms with Gasteiger partial charge in [-0.3, -0.25) is 9.59 Å². The number of quaternary nitrogens is 1. The lowest BCUT2D eigenvalue weighted by Crippen LogP contribution is -3.05. The number of hydrogen-bond donors (Lipinski definition) is 2. The third kappa shape index (κ3) is 7.47. The number of carbonyl (C=O) groups is 2. The van der Waals surface area contributed by atoms with E-state index in [9.17, 15) is 9.59 Å². The van der Waals surface area contributed by atoms with E-state index in [-0.39, 0.29) is 11.7 Å². The molecular weight excluding hydrogens is 216 g/mol. The van der Waals surface area contributed by atoms with Crippen molar-refractivity contribution in [3.63, 3.8) is 0 Å². The van der Waals surface area contributed by atoms with E-state index in [1.165, 1.54) is 11.0 Å². The summed E-state index contributed by atoms with van der Waals surface area (Å²) in [7, 11) is 4.14. The lowest BCUT2D eigenvalue weighted by Gasteiger charge is -2.08. The molecule has 0 rings (SSSR count). The molecule has 0 heterocycles. The van der Waals surface area contributed by atoms with Crippen molar-refractivity contribution in [1.82, 2.24) is 5.32 Å². The summed E-state index contributed by atoms with van der Waals surface area (Å²) in [5.74, 6) is -0.385. The van der Waals surface area contributed by atoms with E-state index in [0.717, 1.165) is 13.0 Å². The molecule has 0 aromatic carbocycles. The molecule has 0 spiro atoms. The first-order valence-electron chi connectivity index (χ1n) is 5.80. The smallest absolute Gasteiger partial charge is 0.247 e. The fourth-order valence-electron chi connectivity index (χ4n) is 1.17. The fourth-order valence-corrected chi connectivity index (χ4v) is 1.17. The summed E-state index contributed by atoms with van der Waals surface area (Å²) in [4.78, 5) is 24.2. The van der Waals surface area contributed by atoms with Gasteiger partial charge in [-0.2, -0.15) is 0 Å². The Balaban J connectivity index is 4.06. The molecule has 17 heavy (non-hydrogen) atoms. The first-order valence-corrected chi connectivity index (χ1v) is 5.80. The Morgan fingerprint density at radius 2 is 1.88 bits per heavy atom. The number of rotatable bonds is 7. The van der Waals surface area contributed by atoms with Crippen molar-refractivity contribution < 1.29 is 14.5 Å². The number of carbonyl (C=O) groups excluding carboxylic acids is 2. The third-order valence-corrected chi connectivity index (χ3v) is 2.27. The molecule has 4 nitrogen and oxygen atoms in total. The molecule has 4 heteroatoms. The second kappa shape index (κ2) is 7.79. The minimum absolute atomic E-state index is 0.187. The molecule has 1 amide bonds. The van der Waals surface area contributed by atoms with Gasteiger partial charge in [0.05, 0.1) is 20.6 Å². The normalized spacial score (nSPS) is 11.5. The molecule has 0 aliphatic heterocycles. The molecule has 0 aliphatic carbocycles. The average molecular weight is 239 g/mol. The molecule has 0 unspecified atom stereocenters. The van der Waals surface area contributed by atoms with Crippen molar-refractivity contribution in [2.75, 3.05) is 27.2 Å². The van der Waals surface area contributed by atoms with Crippen molar-refractivity contribution in [3.8, 4) is 0 Å². The quantitative estimate of drug-likeness (QED) is 0.474. The number of amides is 1. The van der Waals surface area contributed by atoms with Crippen molar-refractivity contribution in [3.05, 3.63) is 23.8 Å². The second-order valence-electron chi connectivity index (χ2n) is 4.54. The summed E-state index contributed by atoms with van der Waals surface area (Å²) >= 11 is 0. The van der Waals surface area contributed by atoms with Crippen molar-refractivity contribution in [2.24, 2.45) is 0 Å². The van der Waals surface area contributed by atoms with Gasteiger partial charge in [0.2, 0.25) is 5.91 Å². The van der Waals surface area contributed by atoms with Gasteiger partial charge in [-0.1, -0.05) is 6.58 Å². The Labute approximate surface area is 103 Å². The van der Waals surface area contributed by atoms with Gasteiger partial charge in [0, 0.05) is 18.5 Å². The molecule has 0 bridgehead atoms. The molecule has 0 aromatic rings. The van der Waals surface area contributed by atoms with Gasteiger partial charge in [-0.05, 0) is 25.5 Å². The molecule has 0 saturated carbocycles. The van der Waals surface area contributed by atoms with E-state index in [0.29, 0.717) is 17.7 Å². The van der Waals surface area contributed by atoms with Crippen molar-refractivity contribution in [1.29, 1.82) is 0 Å². The number of allylic oxidation sites excluding steroid dienone is 2. The maximum atomic E-state index is 11.6. The van der Waals surface area contributed by atoms with Crippen LogP contribution in [0.3, 0.4) is 0 Å². The summed E-state index contributed by atoms with van der Waals surface area (Å²) in [6, 6.07) is 0. The van der Waals surface area contributed by atoms with Crippen LogP contribution in [-0.4, -0.2) is 38.9 Å². The largest absolute Gasteiger partial charge is 0.352 e. The highest BCUT2D eigenvalue weighted by molar-refractivity contribution is 6.08. The Morgan fingerprint density at radius 3 is 2.35 bits per heavy atom. The standard InChI is InChI=1S/C13H22N2O2/c1-10(2)12(16)9-11(3)13(17)14-7-6-8-15(4)5/h9H,1,6-8H2,2-5H3,(H,14,17)/p+1. The van der Waals surface area contributed by atoms with Crippen LogP contribution in [0.5, 0.6) is 0 Å². The van der Waals surface area contributed by atoms with Crippen LogP contribution >= 0.6 is 0 Å². The first kappa shape index (κ1) is 15.6. The maximum Gasteiger partial charge on any atom is 0.247 e. The lowest BCUT2D eigenvalue weighted by molar-refractivity contribution is -0.858. The Hall–Kier alpha value is -1.42. The Bertz CT molecular complexity index is 330. The van der Waals surface area contributed by atoms with E-state index in [2.05, 4.69) is 26.0 Å². The molecule has 0 fully saturated rings. The van der Waals surface area contributed by atoms with Gasteiger partial charge in [0.1, 0.15) is 0 Å². The van der Waals surface area contributed by atoms with Gasteiger partial charge >= 0.3 is 0 Å². The zero-order valence-corrected chi connectivity index (χ0v) is 11.2. The summed E-state index contributed by atoms with van der Waals surface area (Å²) in [5, 5.41) is 2.78. The number of hydrogen-bond acceptors (Lipinski definition) is 2. The van der Waals surface area contributed by atoms with Gasteiger partial charge in [0.15, 0.2) is 5.78 Å². The molecule has 0 atom stereocenters. The lowest BCUT2D eigenvalue weighted by atomic mass is 10.1. The fraction of sp³-hybridized carbons (Fsp3) is 0.538. The van der Waals surface area contributed by atoms with Crippen LogP contribution in [0, 0.1) is 0 Å². The molecule has 96 valence electrons. The van der Waals surface area contributed by atoms with Crippen LogP contribution in [0.25, 0.3) is 0 Å². The van der Waals surface area contributed by atoms with E-state index < -0.39 is 0 Å². The highest BCUT2D eigenvalue weighted by atomic mass is 16.2. The van der Waals surface area contributed by atoms with Crippen LogP contribution in [-0.2, 0) is 9.59 Å². The van der Waals surface area contributed by atoms with Crippen LogP contribution < -0.4 is 10.2 Å². The highest BCUT2D eigenvalue weighted by Gasteiger charge is 2.06. The van der Waals surface area contributed by atoms with E-state index >= 15 is 0 Å². The van der Waals surface area contributed by atoms with Gasteiger partial charge in [-0.15, -0.1) is 0 Å². The first-order chi connectivity index (χ1) is 7.84. The average Bonchev–Trinajstić information content (AvgIpc) is 2.23. The SMILES string of the molecule is C=C(C)C(=O)C=C(C)C(=O)NCCC[NH+](C)C. The number of ketones is 1. The summed E-state index contributed by atoms with van der Waals surface area (Å²) < 4.78 is 0. The van der Waals surface area contributed by atoms with E-state index in [4.69, 9.17) is 0 Å². The maximum absolute atomic E-state index is 11.6. The monoisotopic (exact) mass is 239 g/mol. The molecule has 0 radical (unpaired) electrons. The predicted octanol–water partition coefficient (Wildman–Crippen LogP) is -0.271. The minimum atomic E-state index is -0.199. The van der Waals surface area contributed by atoms with Gasteiger partial charge < -0.3 is 10.2 Å². The molecular formula is C13H23N2O2+. The van der Waals surface area contributed by atoms with Crippen molar-refractivity contribution in [2.45, 2.75) is 20.3 Å². The third-order valence-electron chi connectivity index (χ3n) is 2.27. The molecule has 0 aromatic heterocycles. The zero-order chi connectivity index (χ0) is 13.4. The highest BCUT2D eigenvalue weighted by Crippen LogP contribution is 1.98. The Morgan fingerprint density at radius 1 is 1.29 bits per heavy atom. The Kier molecular flexibility index (Phi) is 7.14. The number of nitrogens with one attached hydrogen (secondary N) is 2. The van der Waals surface area contributed by atoms with Crippen LogP contribution in [0.1, 0.15) is 20.3 Å². The predicted molar refractivity (Wildman–Crippen MR) is 68.9 cm³/mol. The molecule has 0 saturated heterocycles. The summed E-state index contributed by atoms with van der Waals surface area (Å²) in [6.07, 6.45) is 2.25. The summed E-state index contributed by atoms with van der Waals surface area (Å²) in [5.41, 5.74) is 0.864. The molecule has 0 aliphatic rings. The topological polar surface area (TPSA) is 50.6 Å². The van der Waals surface area contributed by atoms with E-state index in [1.807, 2.05) is 0 Å².